The zero-order valence-corrected chi connectivity index (χ0v) is 51.2. The van der Waals surface area contributed by atoms with Crippen molar-refractivity contribution >= 4 is 31.6 Å². The van der Waals surface area contributed by atoms with E-state index >= 15 is 0 Å². The molecule has 0 aromatic heterocycles. The van der Waals surface area contributed by atoms with Gasteiger partial charge in [-0.05, 0) is 114 Å². The molecule has 0 saturated carbocycles. The Morgan fingerprint density at radius 3 is 1.07 bits per heavy atom. The van der Waals surface area contributed by atoms with E-state index in [4.69, 9.17) is 3.50 Å². The molecule has 0 atom stereocenters. The minimum absolute atomic E-state index is 0.0811. The number of aromatic hydroxyl groups is 2. The zero-order valence-electron chi connectivity index (χ0n) is 49.1. The first-order chi connectivity index (χ1) is 35.9. The molecule has 8 aromatic rings. The third kappa shape index (κ3) is 12.2. The fraction of sp³-hybridized carbons (Fsp3) is 0.375. The molecule has 4 heteroatoms. The van der Waals surface area contributed by atoms with Crippen LogP contribution in [0.15, 0.2) is 137 Å². The molecule has 0 amide bonds. The topological polar surface area (TPSA) is 52.8 Å². The van der Waals surface area contributed by atoms with Crippen molar-refractivity contribution in [2.75, 3.05) is 0 Å². The predicted octanol–water partition coefficient (Wildman–Crippen LogP) is 21.8. The molecule has 0 aliphatic heterocycles. The number of hydrogen-bond donors (Lipinski definition) is 2. The van der Waals surface area contributed by atoms with E-state index in [0.29, 0.717) is 34.8 Å². The van der Waals surface area contributed by atoms with Crippen molar-refractivity contribution in [2.45, 2.75) is 177 Å². The van der Waals surface area contributed by atoms with Crippen molar-refractivity contribution in [3.63, 3.8) is 0 Å². The van der Waals surface area contributed by atoms with Crippen LogP contribution in [0.1, 0.15) is 222 Å². The molecule has 8 rings (SSSR count). The molecule has 0 aliphatic carbocycles. The van der Waals surface area contributed by atoms with Crippen LogP contribution in [0.5, 0.6) is 11.5 Å². The van der Waals surface area contributed by atoms with Crippen LogP contribution in [0, 0.1) is 0 Å². The van der Waals surface area contributed by atoms with Crippen molar-refractivity contribution in [1.29, 1.82) is 0 Å². The first-order valence-electron chi connectivity index (χ1n) is 28.2. The molecule has 0 saturated heterocycles. The maximum atomic E-state index is 12.9. The van der Waals surface area contributed by atoms with Gasteiger partial charge in [-0.1, -0.05) is 156 Å². The van der Waals surface area contributed by atoms with Gasteiger partial charge in [0.25, 0.3) is 0 Å². The Balaban J connectivity index is 0.000000293. The molecule has 0 radical (unpaired) electrons. The van der Waals surface area contributed by atoms with E-state index in [9.17, 15) is 10.2 Å². The summed E-state index contributed by atoms with van der Waals surface area (Å²) in [7, 11) is 0. The van der Waals surface area contributed by atoms with Crippen LogP contribution in [0.4, 0.5) is 5.69 Å². The predicted molar refractivity (Wildman–Crippen MR) is 328 cm³/mol. The molecule has 8 aromatic carbocycles. The average molecular weight is 1090 g/mol. The average Bonchev–Trinajstić information content (AvgIpc) is 3.43. The SMILES string of the molecule is CC(C)c1cc(C(C)C)c(-c2cc3ccccc3c(-c3c(O)c(-c4c(C(C)C)cc(C(C)C)cc4C(C)C)cc4ccccc34)c2O)c(C(C)C)c1.CC(C)c1cccc(C(C)C)c1[N]=[Mo]=[CH]C(C)(C)c1ccccc1. The third-order valence-electron chi connectivity index (χ3n) is 15.4. The summed E-state index contributed by atoms with van der Waals surface area (Å²) < 4.78 is 7.59. The summed E-state index contributed by atoms with van der Waals surface area (Å²) in [4.78, 5) is 0. The zero-order chi connectivity index (χ0) is 55.5. The number of rotatable bonds is 14. The number of nitrogens with zero attached hydrogens (tertiary/aromatic N) is 1. The quantitative estimate of drug-likeness (QED) is 0.107. The van der Waals surface area contributed by atoms with Crippen LogP contribution in [-0.4, -0.2) is 14.6 Å². The molecule has 2 N–H and O–H groups in total. The Morgan fingerprint density at radius 2 is 0.724 bits per heavy atom. The normalized spacial score (nSPS) is 12.1. The Bertz CT molecular complexity index is 3170. The molecule has 3 nitrogen and oxygen atoms in total. The van der Waals surface area contributed by atoms with Crippen LogP contribution in [0.2, 0.25) is 0 Å². The molecule has 0 unspecified atom stereocenters. The van der Waals surface area contributed by atoms with Crippen LogP contribution in [0.3, 0.4) is 0 Å². The van der Waals surface area contributed by atoms with Gasteiger partial charge in [-0.2, -0.15) is 0 Å². The van der Waals surface area contributed by atoms with Gasteiger partial charge in [0, 0.05) is 22.3 Å². The van der Waals surface area contributed by atoms with Crippen molar-refractivity contribution in [3.8, 4) is 44.9 Å². The Labute approximate surface area is 466 Å². The second-order valence-electron chi connectivity index (χ2n) is 24.3. The molecule has 0 fully saturated rings. The number of hydrogen-bond acceptors (Lipinski definition) is 3. The Hall–Kier alpha value is -5.76. The van der Waals surface area contributed by atoms with Gasteiger partial charge < -0.3 is 10.2 Å². The van der Waals surface area contributed by atoms with Crippen molar-refractivity contribution in [1.82, 2.24) is 0 Å². The summed E-state index contributed by atoms with van der Waals surface area (Å²) in [5, 5.41) is 29.7. The summed E-state index contributed by atoms with van der Waals surface area (Å²) in [6.07, 6.45) is 0. The first kappa shape index (κ1) is 57.9. The van der Waals surface area contributed by atoms with E-state index in [1.807, 2.05) is 12.1 Å². The summed E-state index contributed by atoms with van der Waals surface area (Å²) in [5.41, 5.74) is 18.3. The van der Waals surface area contributed by atoms with E-state index in [1.165, 1.54) is 55.8 Å². The molecule has 0 bridgehead atoms. The summed E-state index contributed by atoms with van der Waals surface area (Å²) >= 11 is -0.553. The monoisotopic (exact) mass is 1100 g/mol. The second kappa shape index (κ2) is 24.3. The Morgan fingerprint density at radius 1 is 0.382 bits per heavy atom. The van der Waals surface area contributed by atoms with Crippen molar-refractivity contribution in [2.24, 2.45) is 3.50 Å². The van der Waals surface area contributed by atoms with Gasteiger partial charge in [-0.25, -0.2) is 0 Å². The molecular formula is C72H87MoNO2. The standard InChI is InChI=1S/C50H58O2.C12H17N.C10H12.Mo/c1-27(2)35-23-39(29(5)6)45(40(24-35)30(7)8)43-21-33-17-13-15-19-37(33)47(49(43)51)48-38-20-16-14-18-34(38)22-44(50(48)52)46-41(31(9)10)25-36(28(3)4)26-42(46)32(11)12;1-8(2)10-6-5-7-11(9(3)4)12(10)13;1-10(2,3)9-7-5-4-6-8-9;/h13-32,51-52H,1-12H3;5-9H,1-4H3;1,4-8H,2-3H3;. The van der Waals surface area contributed by atoms with E-state index < -0.39 is 17.9 Å². The molecule has 0 aliphatic rings. The van der Waals surface area contributed by atoms with Gasteiger partial charge in [-0.3, -0.25) is 0 Å². The molecule has 398 valence electrons. The number of phenols is 2. The maximum absolute atomic E-state index is 12.9. The van der Waals surface area contributed by atoms with Gasteiger partial charge in [0.05, 0.1) is 0 Å². The molecule has 76 heavy (non-hydrogen) atoms. The molecular weight excluding hydrogens is 1010 g/mol. The van der Waals surface area contributed by atoms with Crippen molar-refractivity contribution in [3.05, 3.63) is 184 Å². The number of benzene rings is 8. The Kier molecular flexibility index (Phi) is 18.5. The van der Waals surface area contributed by atoms with Crippen LogP contribution >= 0.6 is 0 Å². The van der Waals surface area contributed by atoms with Crippen LogP contribution < -0.4 is 0 Å². The van der Waals surface area contributed by atoms with Gasteiger partial charge >= 0.3 is 156 Å². The van der Waals surface area contributed by atoms with E-state index in [2.05, 4.69) is 250 Å². The summed E-state index contributed by atoms with van der Waals surface area (Å²) in [6, 6.07) is 47.8. The van der Waals surface area contributed by atoms with Gasteiger partial charge in [0.1, 0.15) is 11.5 Å². The fourth-order valence-corrected chi connectivity index (χ4v) is 12.7. The second-order valence-corrected chi connectivity index (χ2v) is 25.9. The van der Waals surface area contributed by atoms with Crippen LogP contribution in [-0.2, 0) is 23.3 Å². The third-order valence-corrected chi connectivity index (χ3v) is 17.9. The van der Waals surface area contributed by atoms with E-state index in [0.717, 1.165) is 43.8 Å². The molecule has 0 heterocycles. The van der Waals surface area contributed by atoms with Gasteiger partial charge in [0.15, 0.2) is 0 Å². The van der Waals surface area contributed by atoms with Crippen LogP contribution in [0.25, 0.3) is 54.9 Å². The number of phenolic OH excluding ortho intramolecular Hbond substituents is 2. The van der Waals surface area contributed by atoms with E-state index in [-0.39, 0.29) is 40.6 Å². The van der Waals surface area contributed by atoms with Gasteiger partial charge in [-0.15, -0.1) is 0 Å². The van der Waals surface area contributed by atoms with E-state index in [1.54, 1.807) is 0 Å². The first-order valence-corrected chi connectivity index (χ1v) is 30.3. The van der Waals surface area contributed by atoms with Crippen molar-refractivity contribution < 1.29 is 28.1 Å². The molecule has 0 spiro atoms. The minimum atomic E-state index is -0.553. The fourth-order valence-electron chi connectivity index (χ4n) is 10.9. The summed E-state index contributed by atoms with van der Waals surface area (Å²) in [5.74, 6) is 3.20. The summed E-state index contributed by atoms with van der Waals surface area (Å²) in [6.45, 7) is 40.6. The number of fused-ring (bicyclic) bond motifs is 2. The van der Waals surface area contributed by atoms with Gasteiger partial charge in [0.2, 0.25) is 0 Å².